The molecule has 1 aliphatic heterocycles. The fraction of sp³-hybridized carbons (Fsp3) is 0.333. The number of nitrogens with zero attached hydrogens (tertiary/aromatic N) is 6. The van der Waals surface area contributed by atoms with Crippen molar-refractivity contribution in [2.75, 3.05) is 5.01 Å². The number of hydrogen-bond donors (Lipinski definition) is 0. The van der Waals surface area contributed by atoms with Crippen molar-refractivity contribution in [3.8, 4) is 0 Å². The summed E-state index contributed by atoms with van der Waals surface area (Å²) in [6.45, 7) is 9.90. The lowest BCUT2D eigenvalue weighted by Crippen LogP contribution is -2.40. The van der Waals surface area contributed by atoms with Crippen molar-refractivity contribution in [2.45, 2.75) is 39.9 Å². The van der Waals surface area contributed by atoms with Crippen LogP contribution < -0.4 is 16.3 Å². The molecule has 0 amide bonds. The van der Waals surface area contributed by atoms with Crippen molar-refractivity contribution in [3.05, 3.63) is 68.6 Å². The van der Waals surface area contributed by atoms with Crippen molar-refractivity contribution >= 4 is 22.8 Å². The van der Waals surface area contributed by atoms with Crippen molar-refractivity contribution in [2.24, 2.45) is 12.1 Å². The minimum absolute atomic E-state index is 0.142. The summed E-state index contributed by atoms with van der Waals surface area (Å²) in [6.07, 6.45) is 0. The number of hydrogen-bond acceptors (Lipinski definition) is 5. The number of aryl methyl sites for hydroxylation is 1. The number of hydrazone groups is 1. The van der Waals surface area contributed by atoms with Gasteiger partial charge in [0.2, 0.25) is 5.95 Å². The van der Waals surface area contributed by atoms with E-state index in [0.29, 0.717) is 29.2 Å². The number of imidazole rings is 1. The molecule has 0 aliphatic carbocycles. The highest BCUT2D eigenvalue weighted by molar-refractivity contribution is 5.91. The van der Waals surface area contributed by atoms with E-state index >= 15 is 0 Å². The zero-order valence-corrected chi connectivity index (χ0v) is 17.4. The van der Waals surface area contributed by atoms with Crippen molar-refractivity contribution < 1.29 is 4.39 Å². The smallest absolute Gasteiger partial charge is 0.294 e. The zero-order chi connectivity index (χ0) is 21.7. The molecule has 0 saturated carbocycles. The minimum atomic E-state index is -0.443. The number of fused-ring (bicyclic) bond motifs is 3. The van der Waals surface area contributed by atoms with Crippen LogP contribution in [0.4, 0.5) is 10.3 Å². The maximum atomic E-state index is 13.3. The van der Waals surface area contributed by atoms with Crippen LogP contribution in [0.2, 0.25) is 0 Å². The SMILES string of the molecule is C=C(C)Cn1c(=O)c2c(nc3n2[C@H](C)C(C)=NN3Cc2ccc(F)cc2)n(C)c1=O. The van der Waals surface area contributed by atoms with E-state index in [1.54, 1.807) is 31.1 Å². The average Bonchev–Trinajstić information content (AvgIpc) is 3.10. The molecule has 4 rings (SSSR count). The molecule has 0 fully saturated rings. The first-order chi connectivity index (χ1) is 14.2. The Balaban J connectivity index is 1.95. The Morgan fingerprint density at radius 1 is 1.23 bits per heavy atom. The second-order valence-electron chi connectivity index (χ2n) is 7.75. The molecular formula is C21H23FN6O2. The monoisotopic (exact) mass is 410 g/mol. The molecule has 156 valence electrons. The molecule has 0 N–H and O–H groups in total. The summed E-state index contributed by atoms with van der Waals surface area (Å²) in [5, 5.41) is 6.31. The quantitative estimate of drug-likeness (QED) is 0.620. The molecular weight excluding hydrogens is 387 g/mol. The van der Waals surface area contributed by atoms with Crippen molar-refractivity contribution in [1.82, 2.24) is 18.7 Å². The molecule has 0 radical (unpaired) electrons. The molecule has 1 aliphatic rings. The molecule has 30 heavy (non-hydrogen) atoms. The summed E-state index contributed by atoms with van der Waals surface area (Å²) in [6, 6.07) is 5.93. The van der Waals surface area contributed by atoms with Gasteiger partial charge in [0.1, 0.15) is 5.82 Å². The number of anilines is 1. The Morgan fingerprint density at radius 2 is 1.90 bits per heavy atom. The van der Waals surface area contributed by atoms with Gasteiger partial charge >= 0.3 is 5.69 Å². The Labute approximate surface area is 172 Å². The van der Waals surface area contributed by atoms with Crippen LogP contribution in [0.3, 0.4) is 0 Å². The third-order valence-corrected chi connectivity index (χ3v) is 5.33. The van der Waals surface area contributed by atoms with E-state index in [1.807, 2.05) is 18.4 Å². The highest BCUT2D eigenvalue weighted by Crippen LogP contribution is 2.30. The molecule has 0 bridgehead atoms. The third-order valence-electron chi connectivity index (χ3n) is 5.33. The van der Waals surface area contributed by atoms with Gasteiger partial charge in [0.05, 0.1) is 24.8 Å². The van der Waals surface area contributed by atoms with Crippen LogP contribution in [0.15, 0.2) is 51.1 Å². The molecule has 0 spiro atoms. The molecule has 2 aromatic heterocycles. The highest BCUT2D eigenvalue weighted by Gasteiger charge is 2.30. The predicted molar refractivity (Wildman–Crippen MR) is 114 cm³/mol. The molecule has 3 aromatic rings. The van der Waals surface area contributed by atoms with Gasteiger partial charge in [-0.1, -0.05) is 24.3 Å². The highest BCUT2D eigenvalue weighted by atomic mass is 19.1. The Hall–Kier alpha value is -3.49. The van der Waals surface area contributed by atoms with Crippen LogP contribution >= 0.6 is 0 Å². The van der Waals surface area contributed by atoms with Gasteiger partial charge in [-0.15, -0.1) is 0 Å². The molecule has 0 unspecified atom stereocenters. The summed E-state index contributed by atoms with van der Waals surface area (Å²) in [7, 11) is 1.60. The third kappa shape index (κ3) is 3.06. The van der Waals surface area contributed by atoms with Gasteiger partial charge in [-0.3, -0.25) is 18.5 Å². The van der Waals surface area contributed by atoms with Gasteiger partial charge in [0.15, 0.2) is 11.2 Å². The fourth-order valence-electron chi connectivity index (χ4n) is 3.66. The second kappa shape index (κ2) is 7.08. The summed E-state index contributed by atoms with van der Waals surface area (Å²) in [4.78, 5) is 30.6. The molecule has 8 nitrogen and oxygen atoms in total. The average molecular weight is 410 g/mol. The summed E-state index contributed by atoms with van der Waals surface area (Å²) in [5.74, 6) is 0.151. The Kier molecular flexibility index (Phi) is 4.68. The Morgan fingerprint density at radius 3 is 2.53 bits per heavy atom. The van der Waals surface area contributed by atoms with Gasteiger partial charge in [-0.05, 0) is 38.5 Å². The van der Waals surface area contributed by atoms with Gasteiger partial charge in [-0.25, -0.2) is 14.2 Å². The number of allylic oxidation sites excluding steroid dienone is 1. The van der Waals surface area contributed by atoms with Crippen LogP contribution in [0.25, 0.3) is 11.2 Å². The Bertz CT molecular complexity index is 1310. The van der Waals surface area contributed by atoms with E-state index in [-0.39, 0.29) is 18.4 Å². The van der Waals surface area contributed by atoms with E-state index in [2.05, 4.69) is 16.7 Å². The molecule has 9 heteroatoms. The lowest BCUT2D eigenvalue weighted by molar-refractivity contribution is 0.620. The van der Waals surface area contributed by atoms with Crippen LogP contribution in [0, 0.1) is 5.82 Å². The van der Waals surface area contributed by atoms with Gasteiger partial charge in [0.25, 0.3) is 5.56 Å². The first kappa shape index (κ1) is 19.8. The maximum Gasteiger partial charge on any atom is 0.332 e. The van der Waals surface area contributed by atoms with Crippen LogP contribution in [0.5, 0.6) is 0 Å². The van der Waals surface area contributed by atoms with Gasteiger partial charge in [-0.2, -0.15) is 10.1 Å². The molecule has 0 saturated heterocycles. The van der Waals surface area contributed by atoms with E-state index in [9.17, 15) is 14.0 Å². The topological polar surface area (TPSA) is 77.4 Å². The number of rotatable bonds is 4. The molecule has 3 heterocycles. The van der Waals surface area contributed by atoms with E-state index in [0.717, 1.165) is 11.3 Å². The van der Waals surface area contributed by atoms with Gasteiger partial charge in [0, 0.05) is 7.05 Å². The van der Waals surface area contributed by atoms with Crippen molar-refractivity contribution in [3.63, 3.8) is 0 Å². The maximum absolute atomic E-state index is 13.3. The summed E-state index contributed by atoms with van der Waals surface area (Å²) < 4.78 is 17.7. The van der Waals surface area contributed by atoms with Crippen LogP contribution in [-0.4, -0.2) is 24.4 Å². The van der Waals surface area contributed by atoms with Crippen molar-refractivity contribution in [1.29, 1.82) is 0 Å². The van der Waals surface area contributed by atoms with Gasteiger partial charge < -0.3 is 0 Å². The number of benzene rings is 1. The standard InChI is InChI=1S/C21H23FN6O2/c1-12(2)10-26-19(29)17-18(25(5)21(26)30)23-20-27(24-13(3)14(4)28(17)20)11-15-6-8-16(22)9-7-15/h6-9,14H,1,10-11H2,2-5H3/t14-/m1/s1. The fourth-order valence-corrected chi connectivity index (χ4v) is 3.66. The van der Waals surface area contributed by atoms with Crippen LogP contribution in [0.1, 0.15) is 32.4 Å². The zero-order valence-electron chi connectivity index (χ0n) is 17.4. The first-order valence-corrected chi connectivity index (χ1v) is 9.62. The molecule has 1 atom stereocenters. The lowest BCUT2D eigenvalue weighted by atomic mass is 10.2. The minimum Gasteiger partial charge on any atom is -0.294 e. The van der Waals surface area contributed by atoms with E-state index < -0.39 is 11.2 Å². The lowest BCUT2D eigenvalue weighted by Gasteiger charge is -2.29. The summed E-state index contributed by atoms with van der Waals surface area (Å²) in [5.41, 5.74) is 2.14. The van der Waals surface area contributed by atoms with E-state index in [4.69, 9.17) is 0 Å². The van der Waals surface area contributed by atoms with E-state index in [1.165, 1.54) is 21.3 Å². The first-order valence-electron chi connectivity index (χ1n) is 9.62. The number of aromatic nitrogens is 4. The molecule has 1 aromatic carbocycles. The van der Waals surface area contributed by atoms with Crippen LogP contribution in [-0.2, 0) is 20.1 Å². The second-order valence-corrected chi connectivity index (χ2v) is 7.75. The number of halogens is 1. The normalized spacial score (nSPS) is 16.0. The largest absolute Gasteiger partial charge is 0.332 e. The summed E-state index contributed by atoms with van der Waals surface area (Å²) >= 11 is 0. The predicted octanol–water partition coefficient (Wildman–Crippen LogP) is 2.57.